The van der Waals surface area contributed by atoms with Crippen LogP contribution in [-0.2, 0) is 45.5 Å². The fourth-order valence-corrected chi connectivity index (χ4v) is 5.61. The molecule has 0 aliphatic heterocycles. The van der Waals surface area contributed by atoms with E-state index in [1.54, 1.807) is 34.2 Å². The Hall–Kier alpha value is -5.36. The predicted octanol–water partition coefficient (Wildman–Crippen LogP) is 0.732. The fourth-order valence-electron chi connectivity index (χ4n) is 4.61. The van der Waals surface area contributed by atoms with Crippen LogP contribution in [0, 0.1) is 0 Å². The number of aromatic amines is 2. The highest BCUT2D eigenvalue weighted by Crippen LogP contribution is 2.35. The first-order valence-electron chi connectivity index (χ1n) is 13.4. The summed E-state index contributed by atoms with van der Waals surface area (Å²) in [5.74, 6) is 0. The van der Waals surface area contributed by atoms with Crippen molar-refractivity contribution in [3.05, 3.63) is 113 Å². The minimum atomic E-state index is -4.72. The lowest BCUT2D eigenvalue weighted by Gasteiger charge is -2.15. The van der Waals surface area contributed by atoms with Crippen LogP contribution < -0.4 is 37.9 Å². The van der Waals surface area contributed by atoms with Gasteiger partial charge in [-0.15, -0.1) is 0 Å². The molecule has 0 unspecified atom stereocenters. The number of alkyl halides is 6. The van der Waals surface area contributed by atoms with Crippen molar-refractivity contribution < 1.29 is 43.2 Å². The van der Waals surface area contributed by atoms with E-state index in [1.807, 2.05) is 4.98 Å². The van der Waals surface area contributed by atoms with Crippen molar-refractivity contribution in [3.63, 3.8) is 0 Å². The number of halogens is 6. The summed E-state index contributed by atoms with van der Waals surface area (Å²) in [6.45, 7) is -0.668. The quantitative estimate of drug-likeness (QED) is 0.147. The van der Waals surface area contributed by atoms with Gasteiger partial charge >= 0.3 is 23.7 Å². The molecule has 0 aliphatic rings. The van der Waals surface area contributed by atoms with Gasteiger partial charge in [0.1, 0.15) is 0 Å². The zero-order valence-electron chi connectivity index (χ0n) is 25.3. The molecular weight excluding hydrogens is 730 g/mol. The standard InChI is InChI=1S/C15H13F3N4O4S.C11H11F3N4O4S/c1-27(25,26)20-22-13(23)10-6-9(8-21-4-2-3-5-21)11(15(16,17)18)7-12(10)19-14(22)24;1-23(21,22)17-18-9(19)6-2-5(4-15)7(11(12,13)14)3-8(6)16-10(18)20/h2-7,20H,8H2,1H3,(H,19,24);2-3,17H,4,15H2,1H3,(H,16,20). The Kier molecular flexibility index (Phi) is 9.86. The molecule has 0 fully saturated rings. The zero-order chi connectivity index (χ0) is 37.6. The molecule has 270 valence electrons. The molecule has 24 heteroatoms. The molecule has 3 heterocycles. The third-order valence-corrected chi connectivity index (χ3v) is 7.64. The van der Waals surface area contributed by atoms with Gasteiger partial charge in [-0.05, 0) is 47.5 Å². The average molecular weight is 755 g/mol. The second-order valence-electron chi connectivity index (χ2n) is 10.5. The van der Waals surface area contributed by atoms with E-state index in [1.165, 1.54) is 4.57 Å². The Morgan fingerprint density at radius 2 is 1.06 bits per heavy atom. The maximum Gasteiger partial charge on any atom is 0.416 e. The molecule has 50 heavy (non-hydrogen) atoms. The minimum absolute atomic E-state index is 0.158. The Morgan fingerprint density at radius 1 is 0.680 bits per heavy atom. The van der Waals surface area contributed by atoms with Gasteiger partial charge in [0.2, 0.25) is 20.0 Å². The maximum atomic E-state index is 13.4. The smallest absolute Gasteiger partial charge is 0.350 e. The van der Waals surface area contributed by atoms with E-state index in [0.29, 0.717) is 18.4 Å². The highest BCUT2D eigenvalue weighted by atomic mass is 32.2. The van der Waals surface area contributed by atoms with Crippen molar-refractivity contribution in [2.75, 3.05) is 22.2 Å². The molecule has 16 nitrogen and oxygen atoms in total. The zero-order valence-corrected chi connectivity index (χ0v) is 26.9. The van der Waals surface area contributed by atoms with Crippen LogP contribution in [0.25, 0.3) is 21.8 Å². The summed E-state index contributed by atoms with van der Waals surface area (Å²) in [5, 5.41) is -0.574. The molecule has 5 aromatic rings. The molecule has 0 aliphatic carbocycles. The van der Waals surface area contributed by atoms with Gasteiger partial charge in [-0.2, -0.15) is 35.7 Å². The highest BCUT2D eigenvalue weighted by Gasteiger charge is 2.35. The molecule has 0 saturated heterocycles. The van der Waals surface area contributed by atoms with Crippen LogP contribution in [0.2, 0.25) is 0 Å². The molecule has 0 atom stereocenters. The molecule has 5 rings (SSSR count). The number of H-pyrrole nitrogens is 2. The van der Waals surface area contributed by atoms with E-state index in [-0.39, 0.29) is 48.8 Å². The van der Waals surface area contributed by atoms with Gasteiger partial charge in [0.25, 0.3) is 11.1 Å². The number of nitrogens with zero attached hydrogens (tertiary/aromatic N) is 3. The van der Waals surface area contributed by atoms with E-state index >= 15 is 0 Å². The van der Waals surface area contributed by atoms with Crippen LogP contribution >= 0.6 is 0 Å². The van der Waals surface area contributed by atoms with Crippen molar-refractivity contribution in [2.24, 2.45) is 5.73 Å². The number of hydrogen-bond acceptors (Lipinski definition) is 9. The second-order valence-corrected chi connectivity index (χ2v) is 14.0. The lowest BCUT2D eigenvalue weighted by Crippen LogP contribution is -2.43. The average Bonchev–Trinajstić information content (AvgIpc) is 3.48. The van der Waals surface area contributed by atoms with Gasteiger partial charge in [0, 0.05) is 25.5 Å². The number of benzene rings is 2. The van der Waals surface area contributed by atoms with E-state index in [9.17, 15) is 62.4 Å². The molecule has 0 spiro atoms. The Balaban J connectivity index is 0.000000228. The third-order valence-electron chi connectivity index (χ3n) is 6.61. The van der Waals surface area contributed by atoms with E-state index in [4.69, 9.17) is 5.73 Å². The van der Waals surface area contributed by atoms with Crippen LogP contribution in [0.4, 0.5) is 26.3 Å². The predicted molar refractivity (Wildman–Crippen MR) is 167 cm³/mol. The number of hydrogen-bond donors (Lipinski definition) is 5. The number of sulfonamides is 2. The van der Waals surface area contributed by atoms with Gasteiger partial charge in [-0.25, -0.2) is 36.1 Å². The fraction of sp³-hybridized carbons (Fsp3) is 0.231. The molecule has 0 amide bonds. The summed E-state index contributed by atoms with van der Waals surface area (Å²) in [4.78, 5) is 55.8. The highest BCUT2D eigenvalue weighted by molar-refractivity contribution is 7.91. The summed E-state index contributed by atoms with van der Waals surface area (Å²) in [6.07, 6.45) is -4.89. The number of rotatable bonds is 7. The second kappa shape index (κ2) is 13.2. The van der Waals surface area contributed by atoms with Gasteiger partial charge in [0.15, 0.2) is 0 Å². The van der Waals surface area contributed by atoms with Crippen molar-refractivity contribution in [3.8, 4) is 0 Å². The van der Waals surface area contributed by atoms with Gasteiger partial charge in [0.05, 0.1) is 45.4 Å². The molecule has 0 bridgehead atoms. The summed E-state index contributed by atoms with van der Waals surface area (Å²) < 4.78 is 126. The number of fused-ring (bicyclic) bond motifs is 2. The Bertz CT molecular complexity index is 2570. The molecular formula is C26H24F6N8O8S2. The first-order chi connectivity index (χ1) is 22.9. The first kappa shape index (κ1) is 37.5. The minimum Gasteiger partial charge on any atom is -0.350 e. The van der Waals surface area contributed by atoms with Crippen LogP contribution in [0.1, 0.15) is 22.3 Å². The van der Waals surface area contributed by atoms with Crippen LogP contribution in [0.15, 0.2) is 68.0 Å². The topological polar surface area (TPSA) is 233 Å². The number of nitrogens with two attached hydrogens (primary N) is 1. The SMILES string of the molecule is CS(=O)(=O)Nn1c(=O)[nH]c2cc(C(F)(F)F)c(CN)cc2c1=O.CS(=O)(=O)Nn1c(=O)[nH]c2cc(C(F)(F)F)c(Cn3cccc3)cc2c1=O. The lowest BCUT2D eigenvalue weighted by atomic mass is 10.0. The van der Waals surface area contributed by atoms with Crippen molar-refractivity contribution in [1.82, 2.24) is 23.9 Å². The van der Waals surface area contributed by atoms with E-state index in [2.05, 4.69) is 4.98 Å². The number of aromatic nitrogens is 5. The monoisotopic (exact) mass is 754 g/mol. The Morgan fingerprint density at radius 3 is 1.42 bits per heavy atom. The van der Waals surface area contributed by atoms with Crippen molar-refractivity contribution in [2.45, 2.75) is 25.4 Å². The summed E-state index contributed by atoms with van der Waals surface area (Å²) in [5.41, 5.74) is -2.74. The summed E-state index contributed by atoms with van der Waals surface area (Å²) in [6, 6.07) is 6.39. The molecule has 0 saturated carbocycles. The summed E-state index contributed by atoms with van der Waals surface area (Å²) >= 11 is 0. The van der Waals surface area contributed by atoms with E-state index in [0.717, 1.165) is 18.4 Å². The first-order valence-corrected chi connectivity index (χ1v) is 17.2. The van der Waals surface area contributed by atoms with E-state index < -0.39 is 72.6 Å². The van der Waals surface area contributed by atoms with Crippen molar-refractivity contribution >= 4 is 41.9 Å². The van der Waals surface area contributed by atoms with Crippen LogP contribution in [0.5, 0.6) is 0 Å². The Labute approximate surface area is 274 Å². The lowest BCUT2D eigenvalue weighted by molar-refractivity contribution is -0.139. The van der Waals surface area contributed by atoms with Crippen LogP contribution in [-0.4, -0.2) is 53.2 Å². The molecule has 2 aromatic carbocycles. The van der Waals surface area contributed by atoms with Crippen LogP contribution in [0.3, 0.4) is 0 Å². The van der Waals surface area contributed by atoms with Gasteiger partial charge in [-0.1, -0.05) is 0 Å². The normalized spacial score (nSPS) is 12.5. The maximum absolute atomic E-state index is 13.4. The molecule has 3 aromatic heterocycles. The largest absolute Gasteiger partial charge is 0.416 e. The molecule has 0 radical (unpaired) electrons. The number of nitrogens with one attached hydrogen (secondary N) is 4. The van der Waals surface area contributed by atoms with Gasteiger partial charge in [-0.3, -0.25) is 9.59 Å². The third kappa shape index (κ3) is 8.43. The van der Waals surface area contributed by atoms with Gasteiger partial charge < -0.3 is 20.3 Å². The summed E-state index contributed by atoms with van der Waals surface area (Å²) in [7, 11) is -7.91. The van der Waals surface area contributed by atoms with Crippen molar-refractivity contribution in [1.29, 1.82) is 0 Å². The molecule has 6 N–H and O–H groups in total.